The van der Waals surface area contributed by atoms with Crippen LogP contribution in [-0.2, 0) is 0 Å². The Morgan fingerprint density at radius 3 is 2.67 bits per heavy atom. The van der Waals surface area contributed by atoms with E-state index in [4.69, 9.17) is 16.9 Å². The van der Waals surface area contributed by atoms with Gasteiger partial charge >= 0.3 is 0 Å². The number of rotatable bonds is 1. The summed E-state index contributed by atoms with van der Waals surface area (Å²) < 4.78 is 0. The smallest absolute Gasteiger partial charge is 0.147 e. The summed E-state index contributed by atoms with van der Waals surface area (Å²) in [5.74, 6) is 0.602. The maximum Gasteiger partial charge on any atom is 0.147 e. The predicted molar refractivity (Wildman–Crippen MR) is 48.3 cm³/mol. The first-order valence-corrected chi connectivity index (χ1v) is 3.77. The van der Waals surface area contributed by atoms with Gasteiger partial charge in [0.15, 0.2) is 0 Å². The number of pyridine rings is 1. The van der Waals surface area contributed by atoms with Crippen molar-refractivity contribution in [1.82, 2.24) is 4.98 Å². The van der Waals surface area contributed by atoms with Crippen molar-refractivity contribution in [2.45, 2.75) is 0 Å². The highest BCUT2D eigenvalue weighted by molar-refractivity contribution is 6.29. The lowest BCUT2D eigenvalue weighted by atomic mass is 10.3. The van der Waals surface area contributed by atoms with Gasteiger partial charge in [-0.15, -0.1) is 0 Å². The van der Waals surface area contributed by atoms with Crippen LogP contribution in [0.15, 0.2) is 12.1 Å². The zero-order chi connectivity index (χ0) is 9.14. The van der Waals surface area contributed by atoms with E-state index in [1.165, 1.54) is 0 Å². The second-order valence-electron chi connectivity index (χ2n) is 2.51. The molecule has 0 radical (unpaired) electrons. The average molecular weight is 182 g/mol. The lowest BCUT2D eigenvalue weighted by Crippen LogP contribution is -2.12. The minimum absolute atomic E-state index is 0.401. The standard InChI is InChI=1S/C8H8ClN3/c1-12(2)8-6(5-10)3-4-7(9)11-8/h3-4H,1-2H3. The van der Waals surface area contributed by atoms with Crippen LogP contribution in [0.1, 0.15) is 5.56 Å². The topological polar surface area (TPSA) is 39.9 Å². The summed E-state index contributed by atoms with van der Waals surface area (Å²) in [4.78, 5) is 5.77. The second kappa shape index (κ2) is 3.42. The zero-order valence-corrected chi connectivity index (χ0v) is 7.63. The van der Waals surface area contributed by atoms with Crippen molar-refractivity contribution >= 4 is 17.4 Å². The van der Waals surface area contributed by atoms with Gasteiger partial charge in [0.2, 0.25) is 0 Å². The maximum absolute atomic E-state index is 8.70. The molecule has 12 heavy (non-hydrogen) atoms. The fraction of sp³-hybridized carbons (Fsp3) is 0.250. The van der Waals surface area contributed by atoms with Gasteiger partial charge in [0, 0.05) is 14.1 Å². The van der Waals surface area contributed by atoms with Crippen LogP contribution >= 0.6 is 11.6 Å². The molecular weight excluding hydrogens is 174 g/mol. The van der Waals surface area contributed by atoms with Gasteiger partial charge in [-0.3, -0.25) is 0 Å². The Hall–Kier alpha value is -1.27. The van der Waals surface area contributed by atoms with E-state index in [-0.39, 0.29) is 0 Å². The van der Waals surface area contributed by atoms with E-state index in [1.807, 2.05) is 20.2 Å². The predicted octanol–water partition coefficient (Wildman–Crippen LogP) is 1.67. The molecule has 0 fully saturated rings. The number of hydrogen-bond acceptors (Lipinski definition) is 3. The van der Waals surface area contributed by atoms with Crippen LogP contribution in [0.5, 0.6) is 0 Å². The van der Waals surface area contributed by atoms with E-state index in [0.717, 1.165) is 0 Å². The Labute approximate surface area is 76.2 Å². The molecule has 0 bridgehead atoms. The number of anilines is 1. The number of nitrogens with zero attached hydrogens (tertiary/aromatic N) is 3. The molecule has 1 heterocycles. The molecule has 3 nitrogen and oxygen atoms in total. The molecule has 0 unspecified atom stereocenters. The van der Waals surface area contributed by atoms with Crippen molar-refractivity contribution in [3.05, 3.63) is 22.8 Å². The summed E-state index contributed by atoms with van der Waals surface area (Å²) in [5, 5.41) is 9.10. The van der Waals surface area contributed by atoms with Crippen LogP contribution in [0.25, 0.3) is 0 Å². The molecule has 0 saturated carbocycles. The van der Waals surface area contributed by atoms with Crippen molar-refractivity contribution in [1.29, 1.82) is 5.26 Å². The molecular formula is C8H8ClN3. The highest BCUT2D eigenvalue weighted by atomic mass is 35.5. The number of hydrogen-bond donors (Lipinski definition) is 0. The van der Waals surface area contributed by atoms with E-state index in [0.29, 0.717) is 16.5 Å². The van der Waals surface area contributed by atoms with E-state index in [9.17, 15) is 0 Å². The third-order valence-electron chi connectivity index (χ3n) is 1.39. The molecule has 0 aromatic carbocycles. The van der Waals surface area contributed by atoms with Crippen LogP contribution < -0.4 is 4.90 Å². The minimum atomic E-state index is 0.401. The molecule has 0 amide bonds. The van der Waals surface area contributed by atoms with Gasteiger partial charge in [-0.25, -0.2) is 4.98 Å². The molecule has 0 N–H and O–H groups in total. The lowest BCUT2D eigenvalue weighted by Gasteiger charge is -2.12. The number of nitriles is 1. The third kappa shape index (κ3) is 1.66. The Morgan fingerprint density at radius 2 is 2.17 bits per heavy atom. The summed E-state index contributed by atoms with van der Waals surface area (Å²) in [7, 11) is 3.64. The molecule has 0 aliphatic carbocycles. The fourth-order valence-corrected chi connectivity index (χ4v) is 0.997. The zero-order valence-electron chi connectivity index (χ0n) is 6.87. The molecule has 0 spiro atoms. The summed E-state index contributed by atoms with van der Waals surface area (Å²) in [6.45, 7) is 0. The SMILES string of the molecule is CN(C)c1nc(Cl)ccc1C#N. The fourth-order valence-electron chi connectivity index (χ4n) is 0.853. The second-order valence-corrected chi connectivity index (χ2v) is 2.90. The van der Waals surface area contributed by atoms with Crippen LogP contribution in [0.4, 0.5) is 5.82 Å². The molecule has 1 rings (SSSR count). The van der Waals surface area contributed by atoms with E-state index < -0.39 is 0 Å². The Morgan fingerprint density at radius 1 is 1.50 bits per heavy atom. The molecule has 62 valence electrons. The molecule has 4 heteroatoms. The highest BCUT2D eigenvalue weighted by Gasteiger charge is 2.05. The summed E-state index contributed by atoms with van der Waals surface area (Å²) in [6, 6.07) is 5.30. The van der Waals surface area contributed by atoms with Crippen molar-refractivity contribution in [3.8, 4) is 6.07 Å². The molecule has 1 aromatic heterocycles. The largest absolute Gasteiger partial charge is 0.362 e. The van der Waals surface area contributed by atoms with Gasteiger partial charge in [-0.1, -0.05) is 11.6 Å². The molecule has 0 aliphatic rings. The first-order chi connectivity index (χ1) is 5.65. The monoisotopic (exact) mass is 181 g/mol. The van der Waals surface area contributed by atoms with Crippen molar-refractivity contribution in [2.24, 2.45) is 0 Å². The molecule has 0 atom stereocenters. The molecule has 1 aromatic rings. The number of aromatic nitrogens is 1. The lowest BCUT2D eigenvalue weighted by molar-refractivity contribution is 1.06. The summed E-state index contributed by atoms with van der Waals surface area (Å²) >= 11 is 5.67. The van der Waals surface area contributed by atoms with Crippen molar-refractivity contribution in [2.75, 3.05) is 19.0 Å². The van der Waals surface area contributed by atoms with Crippen molar-refractivity contribution in [3.63, 3.8) is 0 Å². The van der Waals surface area contributed by atoms with Crippen LogP contribution in [0, 0.1) is 11.3 Å². The summed E-state index contributed by atoms with van der Waals surface area (Å²) in [6.07, 6.45) is 0. The Bertz CT molecular complexity index is 328. The summed E-state index contributed by atoms with van der Waals surface area (Å²) in [5.41, 5.74) is 0.532. The van der Waals surface area contributed by atoms with Gasteiger partial charge in [-0.2, -0.15) is 5.26 Å². The minimum Gasteiger partial charge on any atom is -0.362 e. The van der Waals surface area contributed by atoms with Crippen molar-refractivity contribution < 1.29 is 0 Å². The van der Waals surface area contributed by atoms with Gasteiger partial charge in [0.25, 0.3) is 0 Å². The van der Waals surface area contributed by atoms with E-state index >= 15 is 0 Å². The van der Waals surface area contributed by atoms with Crippen LogP contribution in [0.2, 0.25) is 5.15 Å². The Balaban J connectivity index is 3.24. The quantitative estimate of drug-likeness (QED) is 0.619. The molecule has 0 saturated heterocycles. The highest BCUT2D eigenvalue weighted by Crippen LogP contribution is 2.17. The first-order valence-electron chi connectivity index (χ1n) is 3.39. The van der Waals surface area contributed by atoms with E-state index in [1.54, 1.807) is 17.0 Å². The average Bonchev–Trinajstić information content (AvgIpc) is 2.04. The number of halogens is 1. The van der Waals surface area contributed by atoms with E-state index in [2.05, 4.69) is 4.98 Å². The van der Waals surface area contributed by atoms with Gasteiger partial charge in [-0.05, 0) is 12.1 Å². The van der Waals surface area contributed by atoms with Gasteiger partial charge in [0.05, 0.1) is 5.56 Å². The molecule has 0 aliphatic heterocycles. The third-order valence-corrected chi connectivity index (χ3v) is 1.60. The van der Waals surface area contributed by atoms with Crippen LogP contribution in [-0.4, -0.2) is 19.1 Å². The van der Waals surface area contributed by atoms with Crippen LogP contribution in [0.3, 0.4) is 0 Å². The maximum atomic E-state index is 8.70. The normalized spacial score (nSPS) is 9.17. The Kier molecular flexibility index (Phi) is 2.51. The van der Waals surface area contributed by atoms with Gasteiger partial charge < -0.3 is 4.90 Å². The first kappa shape index (κ1) is 8.82. The van der Waals surface area contributed by atoms with Gasteiger partial charge in [0.1, 0.15) is 17.0 Å².